The molecule has 0 bridgehead atoms. The number of carbonyl (C=O) groups excluding carboxylic acids is 2. The van der Waals surface area contributed by atoms with E-state index in [1.165, 1.54) is 29.5 Å². The zero-order valence-corrected chi connectivity index (χ0v) is 16.3. The van der Waals surface area contributed by atoms with Crippen LogP contribution in [-0.2, 0) is 11.2 Å². The average molecular weight is 438 g/mol. The number of rotatable bonds is 8. The van der Waals surface area contributed by atoms with Gasteiger partial charge in [-0.15, -0.1) is 11.3 Å². The SMILES string of the molecule is O=C(CCCc1nc(-c2cccs2)no1)Nc1cccc(C(=O)NCC(F)(F)F)c1. The molecule has 0 saturated carbocycles. The van der Waals surface area contributed by atoms with Crippen LogP contribution >= 0.6 is 11.3 Å². The Balaban J connectivity index is 1.46. The number of nitrogens with zero attached hydrogens (tertiary/aromatic N) is 2. The molecule has 3 aromatic rings. The molecule has 0 fully saturated rings. The summed E-state index contributed by atoms with van der Waals surface area (Å²) in [5.41, 5.74) is 0.335. The number of benzene rings is 1. The van der Waals surface area contributed by atoms with Gasteiger partial charge in [0.05, 0.1) is 4.88 Å². The van der Waals surface area contributed by atoms with Crippen LogP contribution in [0.5, 0.6) is 0 Å². The molecular weight excluding hydrogens is 421 g/mol. The fourth-order valence-corrected chi connectivity index (χ4v) is 3.16. The number of hydrogen-bond donors (Lipinski definition) is 2. The van der Waals surface area contributed by atoms with E-state index in [0.717, 1.165) is 4.88 Å². The lowest BCUT2D eigenvalue weighted by atomic mass is 10.1. The summed E-state index contributed by atoms with van der Waals surface area (Å²) in [4.78, 5) is 29.1. The lowest BCUT2D eigenvalue weighted by molar-refractivity contribution is -0.123. The van der Waals surface area contributed by atoms with Crippen molar-refractivity contribution in [3.8, 4) is 10.7 Å². The summed E-state index contributed by atoms with van der Waals surface area (Å²) >= 11 is 1.49. The largest absolute Gasteiger partial charge is 0.405 e. The van der Waals surface area contributed by atoms with Crippen molar-refractivity contribution >= 4 is 28.8 Å². The van der Waals surface area contributed by atoms with Crippen molar-refractivity contribution in [2.75, 3.05) is 11.9 Å². The fraction of sp³-hybridized carbons (Fsp3) is 0.263. The molecule has 0 atom stereocenters. The van der Waals surface area contributed by atoms with Crippen molar-refractivity contribution in [2.24, 2.45) is 0 Å². The summed E-state index contributed by atoms with van der Waals surface area (Å²) < 4.78 is 41.8. The predicted octanol–water partition coefficient (Wildman–Crippen LogP) is 4.05. The summed E-state index contributed by atoms with van der Waals surface area (Å²) in [6.07, 6.45) is -3.44. The van der Waals surface area contributed by atoms with Crippen LogP contribution in [-0.4, -0.2) is 34.7 Å². The first-order valence-corrected chi connectivity index (χ1v) is 9.79. The molecule has 2 heterocycles. The molecule has 0 unspecified atom stereocenters. The van der Waals surface area contributed by atoms with Crippen LogP contribution in [0.3, 0.4) is 0 Å². The lowest BCUT2D eigenvalue weighted by Gasteiger charge is -2.10. The molecule has 0 saturated heterocycles. The van der Waals surface area contributed by atoms with E-state index in [-0.39, 0.29) is 17.9 Å². The van der Waals surface area contributed by atoms with Crippen LogP contribution in [0.1, 0.15) is 29.1 Å². The molecule has 2 N–H and O–H groups in total. The van der Waals surface area contributed by atoms with Crippen LogP contribution in [0.25, 0.3) is 10.7 Å². The molecule has 3 rings (SSSR count). The van der Waals surface area contributed by atoms with E-state index in [2.05, 4.69) is 15.5 Å². The van der Waals surface area contributed by atoms with Gasteiger partial charge in [-0.1, -0.05) is 17.3 Å². The van der Waals surface area contributed by atoms with Gasteiger partial charge in [-0.25, -0.2) is 0 Å². The van der Waals surface area contributed by atoms with Crippen LogP contribution in [0.15, 0.2) is 46.3 Å². The number of alkyl halides is 3. The summed E-state index contributed by atoms with van der Waals surface area (Å²) in [5.74, 6) is -0.248. The van der Waals surface area contributed by atoms with Crippen LogP contribution in [0, 0.1) is 0 Å². The van der Waals surface area contributed by atoms with Crippen LogP contribution < -0.4 is 10.6 Å². The molecule has 1 aromatic carbocycles. The van der Waals surface area contributed by atoms with Gasteiger partial charge in [0, 0.05) is 24.1 Å². The van der Waals surface area contributed by atoms with E-state index in [4.69, 9.17) is 4.52 Å². The number of nitrogens with one attached hydrogen (secondary N) is 2. The number of hydrogen-bond acceptors (Lipinski definition) is 6. The van der Waals surface area contributed by atoms with Gasteiger partial charge >= 0.3 is 6.18 Å². The van der Waals surface area contributed by atoms with Gasteiger partial charge in [0.1, 0.15) is 6.54 Å². The average Bonchev–Trinajstić information content (AvgIpc) is 3.37. The van der Waals surface area contributed by atoms with Gasteiger partial charge in [0.25, 0.3) is 5.91 Å². The van der Waals surface area contributed by atoms with Gasteiger partial charge in [-0.05, 0) is 36.1 Å². The number of aryl methyl sites for hydroxylation is 1. The Bertz CT molecular complexity index is 1000. The summed E-state index contributed by atoms with van der Waals surface area (Å²) in [7, 11) is 0. The zero-order valence-electron chi connectivity index (χ0n) is 15.5. The van der Waals surface area contributed by atoms with E-state index >= 15 is 0 Å². The van der Waals surface area contributed by atoms with Gasteiger partial charge in [0.15, 0.2) is 0 Å². The molecule has 0 radical (unpaired) electrons. The third-order valence-electron chi connectivity index (χ3n) is 3.86. The second-order valence-electron chi connectivity index (χ2n) is 6.27. The number of anilines is 1. The normalized spacial score (nSPS) is 11.3. The molecule has 2 aromatic heterocycles. The number of halogens is 3. The second kappa shape index (κ2) is 9.53. The molecule has 0 aliphatic heterocycles. The van der Waals surface area contributed by atoms with E-state index in [1.807, 2.05) is 17.5 Å². The van der Waals surface area contributed by atoms with E-state index in [9.17, 15) is 22.8 Å². The third kappa shape index (κ3) is 6.41. The minimum absolute atomic E-state index is 0.0176. The summed E-state index contributed by atoms with van der Waals surface area (Å²) in [5, 5.41) is 10.2. The Morgan fingerprint density at radius 3 is 2.73 bits per heavy atom. The molecule has 0 aliphatic rings. The first-order valence-electron chi connectivity index (χ1n) is 8.91. The highest BCUT2D eigenvalue weighted by Gasteiger charge is 2.27. The minimum Gasteiger partial charge on any atom is -0.343 e. The van der Waals surface area contributed by atoms with Crippen molar-refractivity contribution in [1.29, 1.82) is 0 Å². The Morgan fingerprint density at radius 1 is 1.17 bits per heavy atom. The molecule has 158 valence electrons. The first-order chi connectivity index (χ1) is 14.3. The molecule has 0 aliphatic carbocycles. The van der Waals surface area contributed by atoms with E-state index in [0.29, 0.717) is 30.2 Å². The van der Waals surface area contributed by atoms with E-state index in [1.54, 1.807) is 11.4 Å². The van der Waals surface area contributed by atoms with Crippen molar-refractivity contribution in [2.45, 2.75) is 25.4 Å². The number of aromatic nitrogens is 2. The standard InChI is InChI=1S/C19H17F3N4O3S/c20-19(21,22)11-23-18(28)12-4-1-5-13(10-12)24-15(27)7-2-8-16-25-17(26-29-16)14-6-3-9-30-14/h1,3-6,9-10H,2,7-8,11H2,(H,23,28)(H,24,27). The number of amides is 2. The van der Waals surface area contributed by atoms with Crippen LogP contribution in [0.2, 0.25) is 0 Å². The third-order valence-corrected chi connectivity index (χ3v) is 4.73. The van der Waals surface area contributed by atoms with Gasteiger partial charge in [-0.2, -0.15) is 18.2 Å². The number of carbonyl (C=O) groups is 2. The molecule has 30 heavy (non-hydrogen) atoms. The lowest BCUT2D eigenvalue weighted by Crippen LogP contribution is -2.33. The quantitative estimate of drug-likeness (QED) is 0.553. The maximum Gasteiger partial charge on any atom is 0.405 e. The van der Waals surface area contributed by atoms with Gasteiger partial charge in [-0.3, -0.25) is 9.59 Å². The fourth-order valence-electron chi connectivity index (χ4n) is 2.51. The van der Waals surface area contributed by atoms with Crippen molar-refractivity contribution in [1.82, 2.24) is 15.5 Å². The van der Waals surface area contributed by atoms with Crippen molar-refractivity contribution < 1.29 is 27.3 Å². The highest BCUT2D eigenvalue weighted by Crippen LogP contribution is 2.21. The van der Waals surface area contributed by atoms with Crippen molar-refractivity contribution in [3.05, 3.63) is 53.2 Å². The monoisotopic (exact) mass is 438 g/mol. The molecule has 11 heteroatoms. The topological polar surface area (TPSA) is 97.1 Å². The molecular formula is C19H17F3N4O3S. The zero-order chi connectivity index (χ0) is 21.6. The predicted molar refractivity (Wildman–Crippen MR) is 104 cm³/mol. The molecule has 0 spiro atoms. The summed E-state index contributed by atoms with van der Waals surface area (Å²) in [6.45, 7) is -1.42. The first kappa shape index (κ1) is 21.5. The smallest absolute Gasteiger partial charge is 0.343 e. The Kier molecular flexibility index (Phi) is 6.83. The molecule has 7 nitrogen and oxygen atoms in total. The van der Waals surface area contributed by atoms with E-state index < -0.39 is 18.6 Å². The number of thiophene rings is 1. The second-order valence-corrected chi connectivity index (χ2v) is 7.22. The maximum atomic E-state index is 12.2. The Hall–Kier alpha value is -3.21. The minimum atomic E-state index is -4.50. The Labute approximate surface area is 173 Å². The Morgan fingerprint density at radius 2 is 2.00 bits per heavy atom. The van der Waals surface area contributed by atoms with Gasteiger partial charge < -0.3 is 15.2 Å². The highest BCUT2D eigenvalue weighted by molar-refractivity contribution is 7.13. The maximum absolute atomic E-state index is 12.2. The summed E-state index contributed by atoms with van der Waals surface area (Å²) in [6, 6.07) is 9.46. The molecule has 2 amide bonds. The van der Waals surface area contributed by atoms with Gasteiger partial charge in [0.2, 0.25) is 17.6 Å². The highest BCUT2D eigenvalue weighted by atomic mass is 32.1. The van der Waals surface area contributed by atoms with Crippen molar-refractivity contribution in [3.63, 3.8) is 0 Å². The van der Waals surface area contributed by atoms with Crippen LogP contribution in [0.4, 0.5) is 18.9 Å².